The Bertz CT molecular complexity index is 207. The monoisotopic (exact) mass is 211 g/mol. The first-order valence-corrected chi connectivity index (χ1v) is 6.19. The summed E-state index contributed by atoms with van der Waals surface area (Å²) < 4.78 is 0. The van der Waals surface area contributed by atoms with E-state index in [9.17, 15) is 4.79 Å². The van der Waals surface area contributed by atoms with Crippen molar-refractivity contribution in [2.24, 2.45) is 17.8 Å². The van der Waals surface area contributed by atoms with E-state index in [0.29, 0.717) is 11.7 Å². The van der Waals surface area contributed by atoms with Crippen LogP contribution in [0.2, 0.25) is 0 Å². The van der Waals surface area contributed by atoms with Gasteiger partial charge in [-0.05, 0) is 58.2 Å². The van der Waals surface area contributed by atoms with Crippen molar-refractivity contribution in [3.8, 4) is 0 Å². The number of carbonyl (C=O) groups is 1. The highest BCUT2D eigenvalue weighted by atomic mass is 16.1. The van der Waals surface area contributed by atoms with E-state index >= 15 is 0 Å². The van der Waals surface area contributed by atoms with E-state index in [-0.39, 0.29) is 5.92 Å². The molecule has 0 aromatic carbocycles. The minimum atomic E-state index is 0.250. The second-order valence-corrected chi connectivity index (χ2v) is 5.37. The number of rotatable bonds is 4. The standard InChI is InChI=1S/C13H25NO/c1-10(12(3)15)9-11(2)13-5-7-14(4)8-6-13/h10-11,13H,5-9H2,1-4H3. The fraction of sp³-hybridized carbons (Fsp3) is 0.923. The first kappa shape index (κ1) is 12.7. The molecule has 1 saturated heterocycles. The van der Waals surface area contributed by atoms with Gasteiger partial charge in [-0.3, -0.25) is 4.79 Å². The van der Waals surface area contributed by atoms with Gasteiger partial charge in [0.1, 0.15) is 5.78 Å². The van der Waals surface area contributed by atoms with Crippen molar-refractivity contribution < 1.29 is 4.79 Å². The third kappa shape index (κ3) is 3.94. The van der Waals surface area contributed by atoms with Gasteiger partial charge in [0.25, 0.3) is 0 Å². The van der Waals surface area contributed by atoms with Crippen molar-refractivity contribution in [1.29, 1.82) is 0 Å². The lowest BCUT2D eigenvalue weighted by molar-refractivity contribution is -0.120. The first-order valence-electron chi connectivity index (χ1n) is 6.19. The molecule has 88 valence electrons. The molecule has 1 heterocycles. The van der Waals surface area contributed by atoms with Gasteiger partial charge in [0.15, 0.2) is 0 Å². The fourth-order valence-corrected chi connectivity index (χ4v) is 2.51. The average Bonchev–Trinajstić information content (AvgIpc) is 2.18. The Morgan fingerprint density at radius 2 is 1.87 bits per heavy atom. The molecule has 2 unspecified atom stereocenters. The van der Waals surface area contributed by atoms with Crippen LogP contribution in [-0.4, -0.2) is 30.8 Å². The van der Waals surface area contributed by atoms with Crippen LogP contribution in [0.3, 0.4) is 0 Å². The molecular weight excluding hydrogens is 186 g/mol. The molecule has 1 fully saturated rings. The second-order valence-electron chi connectivity index (χ2n) is 5.37. The molecule has 0 spiro atoms. The van der Waals surface area contributed by atoms with Gasteiger partial charge in [0, 0.05) is 5.92 Å². The Labute approximate surface area is 94.0 Å². The Morgan fingerprint density at radius 3 is 2.33 bits per heavy atom. The van der Waals surface area contributed by atoms with Crippen LogP contribution in [0.25, 0.3) is 0 Å². The van der Waals surface area contributed by atoms with Crippen molar-refractivity contribution in [2.45, 2.75) is 40.0 Å². The van der Waals surface area contributed by atoms with Crippen LogP contribution in [-0.2, 0) is 4.79 Å². The molecule has 0 radical (unpaired) electrons. The highest BCUT2D eigenvalue weighted by molar-refractivity contribution is 5.77. The van der Waals surface area contributed by atoms with E-state index in [4.69, 9.17) is 0 Å². The summed E-state index contributed by atoms with van der Waals surface area (Å²) >= 11 is 0. The zero-order valence-electron chi connectivity index (χ0n) is 10.6. The topological polar surface area (TPSA) is 20.3 Å². The number of hydrogen-bond acceptors (Lipinski definition) is 2. The van der Waals surface area contributed by atoms with Gasteiger partial charge >= 0.3 is 0 Å². The van der Waals surface area contributed by atoms with Crippen LogP contribution >= 0.6 is 0 Å². The van der Waals surface area contributed by atoms with Crippen molar-refractivity contribution >= 4 is 5.78 Å². The van der Waals surface area contributed by atoms with Crippen molar-refractivity contribution in [3.63, 3.8) is 0 Å². The summed E-state index contributed by atoms with van der Waals surface area (Å²) in [5.74, 6) is 2.13. The van der Waals surface area contributed by atoms with Crippen molar-refractivity contribution in [3.05, 3.63) is 0 Å². The van der Waals surface area contributed by atoms with Gasteiger partial charge < -0.3 is 4.90 Å². The molecule has 0 bridgehead atoms. The number of hydrogen-bond donors (Lipinski definition) is 0. The van der Waals surface area contributed by atoms with Crippen LogP contribution < -0.4 is 0 Å². The van der Waals surface area contributed by atoms with Crippen LogP contribution in [0.5, 0.6) is 0 Å². The maximum atomic E-state index is 11.2. The van der Waals surface area contributed by atoms with E-state index in [1.807, 2.05) is 0 Å². The van der Waals surface area contributed by atoms with E-state index in [2.05, 4.69) is 25.8 Å². The number of piperidine rings is 1. The Kier molecular flexibility index (Phi) is 4.78. The molecule has 0 aliphatic carbocycles. The van der Waals surface area contributed by atoms with Gasteiger partial charge in [-0.15, -0.1) is 0 Å². The number of carbonyl (C=O) groups excluding carboxylic acids is 1. The molecule has 2 heteroatoms. The van der Waals surface area contributed by atoms with E-state index in [1.54, 1.807) is 6.92 Å². The zero-order valence-corrected chi connectivity index (χ0v) is 10.6. The molecule has 0 N–H and O–H groups in total. The van der Waals surface area contributed by atoms with Crippen LogP contribution in [0.15, 0.2) is 0 Å². The smallest absolute Gasteiger partial charge is 0.132 e. The molecule has 0 saturated carbocycles. The van der Waals surface area contributed by atoms with Crippen molar-refractivity contribution in [2.75, 3.05) is 20.1 Å². The normalized spacial score (nSPS) is 23.7. The molecular formula is C13H25NO. The Balaban J connectivity index is 2.33. The predicted octanol–water partition coefficient (Wildman–Crippen LogP) is 2.58. The molecule has 0 amide bonds. The minimum absolute atomic E-state index is 0.250. The van der Waals surface area contributed by atoms with Gasteiger partial charge in [-0.1, -0.05) is 13.8 Å². The highest BCUT2D eigenvalue weighted by Gasteiger charge is 2.24. The highest BCUT2D eigenvalue weighted by Crippen LogP contribution is 2.28. The first-order chi connectivity index (χ1) is 7.00. The van der Waals surface area contributed by atoms with E-state index in [0.717, 1.165) is 12.3 Å². The minimum Gasteiger partial charge on any atom is -0.306 e. The summed E-state index contributed by atoms with van der Waals surface area (Å²) in [5, 5.41) is 0. The van der Waals surface area contributed by atoms with Crippen molar-refractivity contribution in [1.82, 2.24) is 4.90 Å². The summed E-state index contributed by atoms with van der Waals surface area (Å²) in [6, 6.07) is 0. The zero-order chi connectivity index (χ0) is 11.4. The molecule has 0 aromatic heterocycles. The number of nitrogens with zero attached hydrogens (tertiary/aromatic N) is 1. The average molecular weight is 211 g/mol. The summed E-state index contributed by atoms with van der Waals surface area (Å²) in [7, 11) is 2.19. The molecule has 0 aromatic rings. The fourth-order valence-electron chi connectivity index (χ4n) is 2.51. The SMILES string of the molecule is CC(=O)C(C)CC(C)C1CCN(C)CC1. The van der Waals surface area contributed by atoms with E-state index < -0.39 is 0 Å². The van der Waals surface area contributed by atoms with E-state index in [1.165, 1.54) is 25.9 Å². The lowest BCUT2D eigenvalue weighted by Gasteiger charge is -2.33. The summed E-state index contributed by atoms with van der Waals surface area (Å²) in [6.07, 6.45) is 3.69. The van der Waals surface area contributed by atoms with Crippen LogP contribution in [0, 0.1) is 17.8 Å². The quantitative estimate of drug-likeness (QED) is 0.712. The predicted molar refractivity (Wildman–Crippen MR) is 63.8 cm³/mol. The lowest BCUT2D eigenvalue weighted by atomic mass is 9.80. The van der Waals surface area contributed by atoms with Gasteiger partial charge in [0.2, 0.25) is 0 Å². The molecule has 1 rings (SSSR count). The van der Waals surface area contributed by atoms with Gasteiger partial charge in [-0.2, -0.15) is 0 Å². The molecule has 1 aliphatic rings. The molecule has 15 heavy (non-hydrogen) atoms. The molecule has 2 nitrogen and oxygen atoms in total. The third-order valence-electron chi connectivity index (χ3n) is 3.99. The van der Waals surface area contributed by atoms with Crippen LogP contribution in [0.1, 0.15) is 40.0 Å². The summed E-state index contributed by atoms with van der Waals surface area (Å²) in [5.41, 5.74) is 0. The maximum Gasteiger partial charge on any atom is 0.132 e. The number of Topliss-reactive ketones (excluding diaryl/α,β-unsaturated/α-hetero) is 1. The van der Waals surface area contributed by atoms with Gasteiger partial charge in [0.05, 0.1) is 0 Å². The Hall–Kier alpha value is -0.370. The summed E-state index contributed by atoms with van der Waals surface area (Å²) in [4.78, 5) is 13.6. The third-order valence-corrected chi connectivity index (χ3v) is 3.99. The van der Waals surface area contributed by atoms with Crippen LogP contribution in [0.4, 0.5) is 0 Å². The number of likely N-dealkylation sites (tertiary alicyclic amines) is 1. The lowest BCUT2D eigenvalue weighted by Crippen LogP contribution is -2.33. The largest absolute Gasteiger partial charge is 0.306 e. The number of ketones is 1. The maximum absolute atomic E-state index is 11.2. The second kappa shape index (κ2) is 5.64. The summed E-state index contributed by atoms with van der Waals surface area (Å²) in [6.45, 7) is 8.54. The Morgan fingerprint density at radius 1 is 1.33 bits per heavy atom. The molecule has 1 aliphatic heterocycles. The van der Waals surface area contributed by atoms with Gasteiger partial charge in [-0.25, -0.2) is 0 Å². The molecule has 2 atom stereocenters.